The molecule has 2 aromatic heterocycles. The number of benzene rings is 1. The maximum atomic E-state index is 12.8. The van der Waals surface area contributed by atoms with Crippen LogP contribution < -0.4 is 10.0 Å². The van der Waals surface area contributed by atoms with Crippen molar-refractivity contribution in [3.63, 3.8) is 0 Å². The first-order chi connectivity index (χ1) is 12.9. The molecule has 1 aromatic carbocycles. The van der Waals surface area contributed by atoms with Crippen molar-refractivity contribution in [1.29, 1.82) is 0 Å². The van der Waals surface area contributed by atoms with E-state index in [4.69, 9.17) is 8.94 Å². The molecule has 0 bridgehead atoms. The number of nitrogens with one attached hydrogen (secondary N) is 2. The lowest BCUT2D eigenvalue weighted by atomic mass is 10.0. The molecule has 0 spiro atoms. The summed E-state index contributed by atoms with van der Waals surface area (Å²) >= 11 is 0. The Kier molecular flexibility index (Phi) is 4.03. The van der Waals surface area contributed by atoms with Gasteiger partial charge < -0.3 is 14.3 Å². The highest BCUT2D eigenvalue weighted by atomic mass is 32.2. The number of sulfonamides is 1. The number of carbonyl (C=O) groups excluding carboxylic acids is 1. The fourth-order valence-corrected chi connectivity index (χ4v) is 3.44. The van der Waals surface area contributed by atoms with E-state index in [-0.39, 0.29) is 5.91 Å². The maximum Gasteiger partial charge on any atom is 0.236 e. The molecule has 0 saturated heterocycles. The molecule has 9 heteroatoms. The van der Waals surface area contributed by atoms with Crippen LogP contribution in [0.5, 0.6) is 0 Å². The van der Waals surface area contributed by atoms with Gasteiger partial charge in [0.05, 0.1) is 29.3 Å². The first kappa shape index (κ1) is 17.3. The van der Waals surface area contributed by atoms with Crippen LogP contribution in [0, 0.1) is 0 Å². The van der Waals surface area contributed by atoms with Crippen molar-refractivity contribution in [2.75, 3.05) is 16.3 Å². The van der Waals surface area contributed by atoms with Gasteiger partial charge in [-0.3, -0.25) is 9.52 Å². The molecule has 3 aromatic rings. The number of rotatable bonds is 6. The maximum absolute atomic E-state index is 12.8. The summed E-state index contributed by atoms with van der Waals surface area (Å²) < 4.78 is 35.7. The van der Waals surface area contributed by atoms with E-state index in [0.717, 1.165) is 6.26 Å². The summed E-state index contributed by atoms with van der Waals surface area (Å²) in [6.45, 7) is 0. The number of aromatic nitrogens is 1. The Morgan fingerprint density at radius 3 is 2.56 bits per heavy atom. The Labute approximate surface area is 155 Å². The van der Waals surface area contributed by atoms with Crippen LogP contribution in [-0.2, 0) is 20.2 Å². The third-order valence-electron chi connectivity index (χ3n) is 4.37. The molecule has 1 aliphatic carbocycles. The van der Waals surface area contributed by atoms with Crippen LogP contribution >= 0.6 is 0 Å². The average molecular weight is 387 g/mol. The van der Waals surface area contributed by atoms with Gasteiger partial charge in [0, 0.05) is 11.8 Å². The Bertz CT molecular complexity index is 1080. The van der Waals surface area contributed by atoms with E-state index in [9.17, 15) is 13.2 Å². The molecule has 0 aliphatic heterocycles. The van der Waals surface area contributed by atoms with Gasteiger partial charge in [0.15, 0.2) is 5.76 Å². The molecule has 8 nitrogen and oxygen atoms in total. The molecule has 4 rings (SSSR count). The molecule has 0 atom stereocenters. The fourth-order valence-electron chi connectivity index (χ4n) is 2.89. The minimum absolute atomic E-state index is 0.210. The van der Waals surface area contributed by atoms with Gasteiger partial charge in [-0.15, -0.1) is 0 Å². The lowest BCUT2D eigenvalue weighted by Gasteiger charge is -2.13. The second-order valence-electron chi connectivity index (χ2n) is 6.54. The van der Waals surface area contributed by atoms with Gasteiger partial charge in [-0.2, -0.15) is 0 Å². The van der Waals surface area contributed by atoms with E-state index >= 15 is 0 Å². The average Bonchev–Trinajstić information content (AvgIpc) is 3.02. The second kappa shape index (κ2) is 6.27. The Hall–Kier alpha value is -3.07. The molecule has 0 unspecified atom stereocenters. The molecule has 0 radical (unpaired) electrons. The molecule has 1 amide bonds. The van der Waals surface area contributed by atoms with Crippen LogP contribution in [0.4, 0.5) is 11.4 Å². The number of nitrogens with zero attached hydrogens (tertiary/aromatic N) is 1. The predicted molar refractivity (Wildman–Crippen MR) is 98.7 cm³/mol. The minimum Gasteiger partial charge on any atom is -0.461 e. The van der Waals surface area contributed by atoms with Crippen LogP contribution in [0.1, 0.15) is 18.5 Å². The van der Waals surface area contributed by atoms with E-state index < -0.39 is 15.4 Å². The zero-order valence-corrected chi connectivity index (χ0v) is 15.2. The summed E-state index contributed by atoms with van der Waals surface area (Å²) in [4.78, 5) is 12.8. The van der Waals surface area contributed by atoms with E-state index in [1.165, 1.54) is 6.26 Å². The highest BCUT2D eigenvalue weighted by Crippen LogP contribution is 2.49. The Balaban J connectivity index is 1.52. The van der Waals surface area contributed by atoms with Crippen LogP contribution in [0.15, 0.2) is 57.7 Å². The minimum atomic E-state index is -3.39. The lowest BCUT2D eigenvalue weighted by molar-refractivity contribution is -0.118. The van der Waals surface area contributed by atoms with Gasteiger partial charge in [-0.1, -0.05) is 11.2 Å². The van der Waals surface area contributed by atoms with E-state index in [1.54, 1.807) is 42.5 Å². The summed E-state index contributed by atoms with van der Waals surface area (Å²) in [5.74, 6) is 0.802. The first-order valence-electron chi connectivity index (χ1n) is 8.26. The molecule has 140 valence electrons. The van der Waals surface area contributed by atoms with E-state index in [1.807, 2.05) is 0 Å². The van der Waals surface area contributed by atoms with Gasteiger partial charge in [-0.05, 0) is 43.2 Å². The zero-order chi connectivity index (χ0) is 19.1. The van der Waals surface area contributed by atoms with Gasteiger partial charge in [-0.25, -0.2) is 8.42 Å². The smallest absolute Gasteiger partial charge is 0.236 e. The summed E-state index contributed by atoms with van der Waals surface area (Å²) in [6.07, 6.45) is 3.92. The highest BCUT2D eigenvalue weighted by Gasteiger charge is 2.54. The number of anilines is 2. The van der Waals surface area contributed by atoms with Crippen molar-refractivity contribution in [2.24, 2.45) is 0 Å². The van der Waals surface area contributed by atoms with Crippen molar-refractivity contribution < 1.29 is 22.2 Å². The van der Waals surface area contributed by atoms with Crippen LogP contribution in [0.25, 0.3) is 11.5 Å². The van der Waals surface area contributed by atoms with Crippen molar-refractivity contribution in [1.82, 2.24) is 5.16 Å². The molecule has 2 N–H and O–H groups in total. The molecule has 27 heavy (non-hydrogen) atoms. The quantitative estimate of drug-likeness (QED) is 0.672. The number of hydrogen-bond acceptors (Lipinski definition) is 6. The van der Waals surface area contributed by atoms with Crippen molar-refractivity contribution >= 4 is 27.3 Å². The highest BCUT2D eigenvalue weighted by molar-refractivity contribution is 7.92. The summed E-state index contributed by atoms with van der Waals surface area (Å²) in [5.41, 5.74) is 0.683. The van der Waals surface area contributed by atoms with Gasteiger partial charge in [0.2, 0.25) is 21.7 Å². The lowest BCUT2D eigenvalue weighted by Crippen LogP contribution is -2.28. The normalized spacial score (nSPS) is 15.3. The number of hydrogen-bond donors (Lipinski definition) is 2. The molecule has 1 aliphatic rings. The van der Waals surface area contributed by atoms with Crippen LogP contribution in [-0.4, -0.2) is 25.7 Å². The second-order valence-corrected chi connectivity index (χ2v) is 8.29. The van der Waals surface area contributed by atoms with E-state index in [0.29, 0.717) is 41.4 Å². The predicted octanol–water partition coefficient (Wildman–Crippen LogP) is 2.98. The molecule has 1 saturated carbocycles. The van der Waals surface area contributed by atoms with Crippen molar-refractivity contribution in [3.05, 3.63) is 54.4 Å². The number of furan rings is 1. The van der Waals surface area contributed by atoms with Crippen molar-refractivity contribution in [2.45, 2.75) is 18.3 Å². The monoisotopic (exact) mass is 387 g/mol. The molecule has 2 heterocycles. The summed E-state index contributed by atoms with van der Waals surface area (Å²) in [7, 11) is -3.39. The van der Waals surface area contributed by atoms with Crippen molar-refractivity contribution in [3.8, 4) is 11.5 Å². The zero-order valence-electron chi connectivity index (χ0n) is 14.4. The SMILES string of the molecule is CS(=O)(=O)Nc1cccc(NC(=O)C2(c3cc(-c4ccco4)on3)CC2)c1. The van der Waals surface area contributed by atoms with Gasteiger partial charge in [0.1, 0.15) is 0 Å². The Morgan fingerprint density at radius 1 is 1.11 bits per heavy atom. The van der Waals surface area contributed by atoms with E-state index in [2.05, 4.69) is 15.2 Å². The standard InChI is InChI=1S/C18H17N3O5S/c1-27(23,24)21-13-5-2-4-12(10-13)19-17(22)18(7-8-18)16-11-15(26-20-16)14-6-3-9-25-14/h2-6,9-11,21H,7-8H2,1H3,(H,19,22). The fraction of sp³-hybridized carbons (Fsp3) is 0.222. The molecule has 1 fully saturated rings. The summed E-state index contributed by atoms with van der Waals surface area (Å²) in [5, 5.41) is 6.88. The van der Waals surface area contributed by atoms with Crippen LogP contribution in [0.3, 0.4) is 0 Å². The first-order valence-corrected chi connectivity index (χ1v) is 10.2. The van der Waals surface area contributed by atoms with Crippen LogP contribution in [0.2, 0.25) is 0 Å². The number of amides is 1. The topological polar surface area (TPSA) is 114 Å². The molecular formula is C18H17N3O5S. The van der Waals surface area contributed by atoms with Gasteiger partial charge in [0.25, 0.3) is 0 Å². The Morgan fingerprint density at radius 2 is 1.89 bits per heavy atom. The third-order valence-corrected chi connectivity index (χ3v) is 4.98. The molecular weight excluding hydrogens is 370 g/mol. The number of carbonyl (C=O) groups is 1. The largest absolute Gasteiger partial charge is 0.461 e. The van der Waals surface area contributed by atoms with Gasteiger partial charge >= 0.3 is 0 Å². The third kappa shape index (κ3) is 3.59. The summed E-state index contributed by atoms with van der Waals surface area (Å²) in [6, 6.07) is 11.7.